The maximum Gasteiger partial charge on any atom is 0.463 e. The van der Waals surface area contributed by atoms with Gasteiger partial charge in [-0.2, -0.15) is 0 Å². The molecule has 0 aliphatic carbocycles. The van der Waals surface area contributed by atoms with E-state index >= 15 is 0 Å². The summed E-state index contributed by atoms with van der Waals surface area (Å²) < 4.78 is 17.9. The standard InChI is InChI=1S/C30H47O3P.C30H47O2PS2/c1-2-3-4-5-6-7-8-9-10-11-12-13-14-15-16-23-28-31-34(32-29-24-19-17-20-25-29)33-30-26-21-18-22-27-30;31-33(32,34)35-27-21-13-11-9-7-5-3-1-2-4-6-8-10-12-20-26-30(28-22-16-14-17-23-28)29-24-18-15-19-25-29/h17-22,24-27H,2-16,23,28H2,1H3;14-19,22-25,30H,1-13,20-21,26-27H2,(H2,31,32,34). The first kappa shape index (κ1) is 61.1. The molecule has 4 rings (SSSR count). The van der Waals surface area contributed by atoms with Gasteiger partial charge in [-0.25, -0.2) is 0 Å². The fraction of sp³-hybridized carbons (Fsp3) is 0.600. The third-order valence-electron chi connectivity index (χ3n) is 12.8. The van der Waals surface area contributed by atoms with Gasteiger partial charge in [0.1, 0.15) is 11.5 Å². The normalized spacial score (nSPS) is 11.5. The van der Waals surface area contributed by atoms with E-state index in [-0.39, 0.29) is 0 Å². The Morgan fingerprint density at radius 2 is 0.725 bits per heavy atom. The second-order valence-corrected chi connectivity index (χ2v) is 26.2. The van der Waals surface area contributed by atoms with E-state index in [0.29, 0.717) is 12.5 Å². The first-order valence-corrected chi connectivity index (χ1v) is 33.0. The zero-order valence-corrected chi connectivity index (χ0v) is 46.4. The molecule has 0 aliphatic rings. The predicted molar refractivity (Wildman–Crippen MR) is 306 cm³/mol. The van der Waals surface area contributed by atoms with Crippen LogP contribution in [0.25, 0.3) is 0 Å². The van der Waals surface area contributed by atoms with Crippen molar-refractivity contribution in [3.63, 3.8) is 0 Å². The molecule has 5 nitrogen and oxygen atoms in total. The molecule has 0 amide bonds. The molecule has 0 saturated heterocycles. The fourth-order valence-corrected chi connectivity index (χ4v) is 12.2. The smallest absolute Gasteiger partial charge is 0.418 e. The van der Waals surface area contributed by atoms with Crippen molar-refractivity contribution in [1.82, 2.24) is 0 Å². The quantitative estimate of drug-likeness (QED) is 0.0338. The molecule has 0 spiro atoms. The van der Waals surface area contributed by atoms with Gasteiger partial charge in [0.25, 0.3) is 0 Å². The first-order chi connectivity index (χ1) is 33.9. The zero-order chi connectivity index (χ0) is 49.0. The van der Waals surface area contributed by atoms with E-state index in [4.69, 9.17) is 13.6 Å². The summed E-state index contributed by atoms with van der Waals surface area (Å²) in [6, 6.07) is 41.5. The van der Waals surface area contributed by atoms with Gasteiger partial charge in [0.15, 0.2) is 0 Å². The van der Waals surface area contributed by atoms with Crippen LogP contribution in [0.15, 0.2) is 121 Å². The lowest BCUT2D eigenvalue weighted by Crippen LogP contribution is -2.01. The van der Waals surface area contributed by atoms with Gasteiger partial charge >= 0.3 is 8.60 Å². The Balaban J connectivity index is 0.000000365. The second kappa shape index (κ2) is 43.4. The van der Waals surface area contributed by atoms with Crippen molar-refractivity contribution in [1.29, 1.82) is 0 Å². The van der Waals surface area contributed by atoms with Gasteiger partial charge in [-0.3, -0.25) is 4.52 Å². The average Bonchev–Trinajstić information content (AvgIpc) is 3.36. The first-order valence-electron chi connectivity index (χ1n) is 27.6. The molecular weight excluding hydrogens is 927 g/mol. The number of hydrogen-bond donors (Lipinski definition) is 2. The van der Waals surface area contributed by atoms with E-state index < -0.39 is 14.3 Å². The largest absolute Gasteiger partial charge is 0.463 e. The van der Waals surface area contributed by atoms with Crippen LogP contribution in [0.2, 0.25) is 0 Å². The van der Waals surface area contributed by atoms with Gasteiger partial charge in [-0.05, 0) is 66.5 Å². The second-order valence-electron chi connectivity index (χ2n) is 19.0. The van der Waals surface area contributed by atoms with Gasteiger partial charge in [0.2, 0.25) is 5.69 Å². The molecular formula is C60H94O5P2S2. The highest BCUT2D eigenvalue weighted by atomic mass is 32.9. The molecule has 0 aromatic heterocycles. The van der Waals surface area contributed by atoms with Gasteiger partial charge in [0, 0.05) is 11.7 Å². The lowest BCUT2D eigenvalue weighted by Gasteiger charge is -2.18. The number of unbranched alkanes of at least 4 members (excludes halogenated alkanes) is 29. The molecule has 9 heteroatoms. The maximum absolute atomic E-state index is 9.18. The van der Waals surface area contributed by atoms with Crippen molar-refractivity contribution >= 4 is 37.5 Å². The Morgan fingerprint density at radius 1 is 0.420 bits per heavy atom. The van der Waals surface area contributed by atoms with E-state index in [1.54, 1.807) is 0 Å². The number of hydrogen-bond acceptors (Lipinski definition) is 5. The molecule has 0 fully saturated rings. The van der Waals surface area contributed by atoms with E-state index in [1.807, 2.05) is 60.7 Å². The Labute approximate surface area is 433 Å². The van der Waals surface area contributed by atoms with Crippen molar-refractivity contribution in [3.05, 3.63) is 132 Å². The molecule has 386 valence electrons. The summed E-state index contributed by atoms with van der Waals surface area (Å²) in [7, 11) is -1.46. The summed E-state index contributed by atoms with van der Waals surface area (Å²) in [6.45, 7) is 2.96. The van der Waals surface area contributed by atoms with Gasteiger partial charge < -0.3 is 18.8 Å². The van der Waals surface area contributed by atoms with Crippen molar-refractivity contribution in [2.45, 2.75) is 218 Å². The SMILES string of the molecule is CCCCCCCCCCCCCCCCCCOP(Oc1ccccc1)Oc1ccccc1.OP(O)(=S)SCCCCCCCCCCCCCCCCCC(c1ccccc1)c1ccccc1. The van der Waals surface area contributed by atoms with E-state index in [9.17, 15) is 9.79 Å². The third kappa shape index (κ3) is 35.5. The molecule has 4 aromatic carbocycles. The summed E-state index contributed by atoms with van der Waals surface area (Å²) >= 11 is 5.78. The van der Waals surface area contributed by atoms with Gasteiger partial charge in [0.05, 0.1) is 6.61 Å². The minimum atomic E-state index is -3.03. The van der Waals surface area contributed by atoms with Crippen LogP contribution in [-0.2, 0) is 16.3 Å². The van der Waals surface area contributed by atoms with Crippen molar-refractivity contribution < 1.29 is 23.4 Å². The molecule has 2 N–H and O–H groups in total. The number of rotatable bonds is 43. The zero-order valence-electron chi connectivity index (χ0n) is 43.0. The number of benzene rings is 4. The van der Waals surface area contributed by atoms with Crippen LogP contribution < -0.4 is 9.05 Å². The highest BCUT2D eigenvalue weighted by Crippen LogP contribution is 2.50. The lowest BCUT2D eigenvalue weighted by atomic mass is 9.87. The van der Waals surface area contributed by atoms with Crippen molar-refractivity contribution in [2.24, 2.45) is 0 Å². The molecule has 0 bridgehead atoms. The average molecular weight is 1020 g/mol. The summed E-state index contributed by atoms with van der Waals surface area (Å²) in [6.07, 6.45) is 43.1. The van der Waals surface area contributed by atoms with Crippen LogP contribution in [0.1, 0.15) is 229 Å². The topological polar surface area (TPSA) is 68.2 Å². The van der Waals surface area contributed by atoms with Crippen molar-refractivity contribution in [2.75, 3.05) is 12.4 Å². The summed E-state index contributed by atoms with van der Waals surface area (Å²) in [5.41, 5.74) is -0.136. The van der Waals surface area contributed by atoms with Crippen molar-refractivity contribution in [3.8, 4) is 11.5 Å². The van der Waals surface area contributed by atoms with Crippen LogP contribution in [0.5, 0.6) is 11.5 Å². The Hall–Kier alpha value is -2.21. The summed E-state index contributed by atoms with van der Waals surface area (Å²) in [4.78, 5) is 18.4. The van der Waals surface area contributed by atoms with Crippen LogP contribution in [-0.4, -0.2) is 22.1 Å². The fourth-order valence-electron chi connectivity index (χ4n) is 8.82. The molecule has 4 aromatic rings. The Bertz CT molecular complexity index is 1650. The minimum absolute atomic E-state index is 0.525. The highest BCUT2D eigenvalue weighted by Gasteiger charge is 2.17. The molecule has 0 heterocycles. The molecule has 0 aliphatic heterocycles. The van der Waals surface area contributed by atoms with Gasteiger partial charge in [-0.15, -0.1) is 0 Å². The number of para-hydroxylation sites is 2. The molecule has 0 radical (unpaired) electrons. The summed E-state index contributed by atoms with van der Waals surface area (Å²) in [5, 5.41) is 0. The molecule has 0 atom stereocenters. The van der Waals surface area contributed by atoms with E-state index in [2.05, 4.69) is 79.4 Å². The maximum atomic E-state index is 9.18. The molecule has 0 saturated carbocycles. The monoisotopic (exact) mass is 1020 g/mol. The third-order valence-corrected chi connectivity index (χ3v) is 17.3. The molecule has 0 unspecified atom stereocenters. The van der Waals surface area contributed by atoms with E-state index in [0.717, 1.165) is 41.5 Å². The molecule has 69 heavy (non-hydrogen) atoms. The minimum Gasteiger partial charge on any atom is -0.418 e. The van der Waals surface area contributed by atoms with Crippen LogP contribution >= 0.6 is 25.7 Å². The van der Waals surface area contributed by atoms with E-state index in [1.165, 1.54) is 204 Å². The summed E-state index contributed by atoms with van der Waals surface area (Å²) in [5.74, 6) is 2.86. The van der Waals surface area contributed by atoms with Crippen LogP contribution in [0.4, 0.5) is 0 Å². The van der Waals surface area contributed by atoms with Gasteiger partial charge in [-0.1, -0.05) is 302 Å². The Kier molecular flexibility index (Phi) is 38.4. The van der Waals surface area contributed by atoms with Crippen LogP contribution in [0.3, 0.4) is 0 Å². The van der Waals surface area contributed by atoms with Crippen LogP contribution in [0, 0.1) is 0 Å². The lowest BCUT2D eigenvalue weighted by molar-refractivity contribution is 0.258. The highest BCUT2D eigenvalue weighted by molar-refractivity contribution is 8.67. The predicted octanol–water partition coefficient (Wildman–Crippen LogP) is 20.7. The Morgan fingerprint density at radius 3 is 1.07 bits per heavy atom.